The average molecular weight is 196 g/mol. The molecule has 2 aliphatic rings. The lowest BCUT2D eigenvalue weighted by Crippen LogP contribution is -2.50. The Morgan fingerprint density at radius 2 is 2.07 bits per heavy atom. The fraction of sp³-hybridized carbons (Fsp3) is 1.00. The molecule has 1 unspecified atom stereocenters. The third-order valence-corrected chi connectivity index (χ3v) is 3.83. The molecule has 1 N–H and O–H groups in total. The van der Waals surface area contributed by atoms with Crippen molar-refractivity contribution in [2.24, 2.45) is 5.92 Å². The van der Waals surface area contributed by atoms with E-state index in [2.05, 4.69) is 17.1 Å². The number of likely N-dealkylation sites (tertiary alicyclic amines) is 1. The zero-order chi connectivity index (χ0) is 9.80. The van der Waals surface area contributed by atoms with Crippen molar-refractivity contribution in [2.45, 2.75) is 45.1 Å². The molecule has 0 spiro atoms. The van der Waals surface area contributed by atoms with E-state index in [1.165, 1.54) is 58.3 Å². The smallest absolute Gasteiger partial charge is 0.00927 e. The van der Waals surface area contributed by atoms with E-state index in [1.807, 2.05) is 0 Å². The van der Waals surface area contributed by atoms with Crippen LogP contribution in [0.3, 0.4) is 0 Å². The van der Waals surface area contributed by atoms with Crippen LogP contribution in [0.25, 0.3) is 0 Å². The number of nitrogens with one attached hydrogen (secondary N) is 1. The van der Waals surface area contributed by atoms with Crippen molar-refractivity contribution < 1.29 is 0 Å². The predicted molar refractivity (Wildman–Crippen MR) is 60.5 cm³/mol. The molecule has 0 aliphatic carbocycles. The van der Waals surface area contributed by atoms with Gasteiger partial charge in [-0.05, 0) is 31.7 Å². The highest BCUT2D eigenvalue weighted by Crippen LogP contribution is 2.20. The molecular weight excluding hydrogens is 172 g/mol. The van der Waals surface area contributed by atoms with Crippen LogP contribution in [0.2, 0.25) is 0 Å². The lowest BCUT2D eigenvalue weighted by molar-refractivity contribution is 0.142. The SMILES string of the molecule is CCC1CCCCCN1CC1CNC1. The summed E-state index contributed by atoms with van der Waals surface area (Å²) in [5.74, 6) is 0.946. The van der Waals surface area contributed by atoms with Gasteiger partial charge in [0.25, 0.3) is 0 Å². The first kappa shape index (κ1) is 10.4. The second-order valence-electron chi connectivity index (χ2n) is 4.93. The Kier molecular flexibility index (Phi) is 3.82. The molecule has 2 aliphatic heterocycles. The molecule has 0 aromatic rings. The third-order valence-electron chi connectivity index (χ3n) is 3.83. The van der Waals surface area contributed by atoms with E-state index in [0.29, 0.717) is 0 Å². The normalized spacial score (nSPS) is 31.1. The quantitative estimate of drug-likeness (QED) is 0.741. The monoisotopic (exact) mass is 196 g/mol. The van der Waals surface area contributed by atoms with Crippen LogP contribution in [0, 0.1) is 5.92 Å². The van der Waals surface area contributed by atoms with Crippen molar-refractivity contribution in [1.29, 1.82) is 0 Å². The van der Waals surface area contributed by atoms with E-state index in [-0.39, 0.29) is 0 Å². The van der Waals surface area contributed by atoms with Crippen LogP contribution in [-0.4, -0.2) is 37.1 Å². The van der Waals surface area contributed by atoms with Gasteiger partial charge in [-0.15, -0.1) is 0 Å². The summed E-state index contributed by atoms with van der Waals surface area (Å²) < 4.78 is 0. The molecular formula is C12H24N2. The molecule has 0 radical (unpaired) electrons. The van der Waals surface area contributed by atoms with Crippen molar-refractivity contribution in [3.63, 3.8) is 0 Å². The Hall–Kier alpha value is -0.0800. The van der Waals surface area contributed by atoms with Gasteiger partial charge >= 0.3 is 0 Å². The highest BCUT2D eigenvalue weighted by atomic mass is 15.2. The Bertz CT molecular complexity index is 166. The van der Waals surface area contributed by atoms with Gasteiger partial charge in [0.2, 0.25) is 0 Å². The predicted octanol–water partition coefficient (Wildman–Crippen LogP) is 1.86. The van der Waals surface area contributed by atoms with Crippen LogP contribution in [0.4, 0.5) is 0 Å². The van der Waals surface area contributed by atoms with Crippen molar-refractivity contribution in [3.8, 4) is 0 Å². The molecule has 0 saturated carbocycles. The van der Waals surface area contributed by atoms with Crippen LogP contribution in [-0.2, 0) is 0 Å². The zero-order valence-corrected chi connectivity index (χ0v) is 9.47. The van der Waals surface area contributed by atoms with Gasteiger partial charge in [-0.25, -0.2) is 0 Å². The zero-order valence-electron chi connectivity index (χ0n) is 9.47. The van der Waals surface area contributed by atoms with E-state index in [0.717, 1.165) is 12.0 Å². The van der Waals surface area contributed by atoms with Gasteiger partial charge in [0.15, 0.2) is 0 Å². The molecule has 0 aromatic heterocycles. The van der Waals surface area contributed by atoms with Gasteiger partial charge in [-0.1, -0.05) is 19.8 Å². The van der Waals surface area contributed by atoms with Crippen LogP contribution in [0.5, 0.6) is 0 Å². The second kappa shape index (κ2) is 5.13. The number of nitrogens with zero attached hydrogens (tertiary/aromatic N) is 1. The van der Waals surface area contributed by atoms with Gasteiger partial charge in [0.1, 0.15) is 0 Å². The molecule has 0 amide bonds. The maximum atomic E-state index is 3.37. The molecule has 2 fully saturated rings. The van der Waals surface area contributed by atoms with Crippen molar-refractivity contribution in [1.82, 2.24) is 10.2 Å². The maximum absolute atomic E-state index is 3.37. The highest BCUT2D eigenvalue weighted by Gasteiger charge is 2.25. The van der Waals surface area contributed by atoms with Crippen LogP contribution in [0.15, 0.2) is 0 Å². The molecule has 2 rings (SSSR count). The van der Waals surface area contributed by atoms with Crippen molar-refractivity contribution in [3.05, 3.63) is 0 Å². The summed E-state index contributed by atoms with van der Waals surface area (Å²) in [6, 6.07) is 0.887. The summed E-state index contributed by atoms with van der Waals surface area (Å²) in [6.07, 6.45) is 7.13. The standard InChI is InChI=1S/C12H24N2/c1-2-12-6-4-3-5-7-14(12)10-11-8-13-9-11/h11-13H,2-10H2,1H3. The summed E-state index contributed by atoms with van der Waals surface area (Å²) >= 11 is 0. The molecule has 1 atom stereocenters. The summed E-state index contributed by atoms with van der Waals surface area (Å²) in [5.41, 5.74) is 0. The number of rotatable bonds is 3. The lowest BCUT2D eigenvalue weighted by Gasteiger charge is -2.36. The first-order chi connectivity index (χ1) is 6.90. The Morgan fingerprint density at radius 1 is 1.21 bits per heavy atom. The molecule has 0 aromatic carbocycles. The fourth-order valence-corrected chi connectivity index (χ4v) is 2.75. The topological polar surface area (TPSA) is 15.3 Å². The minimum atomic E-state index is 0.887. The third kappa shape index (κ3) is 2.48. The van der Waals surface area contributed by atoms with Crippen LogP contribution in [0.1, 0.15) is 39.0 Å². The first-order valence-corrected chi connectivity index (χ1v) is 6.35. The Balaban J connectivity index is 1.83. The summed E-state index contributed by atoms with van der Waals surface area (Å²) in [5, 5.41) is 3.37. The maximum Gasteiger partial charge on any atom is 0.00927 e. The number of hydrogen-bond acceptors (Lipinski definition) is 2. The van der Waals surface area contributed by atoms with Gasteiger partial charge in [0.05, 0.1) is 0 Å². The van der Waals surface area contributed by atoms with Gasteiger partial charge in [-0.3, -0.25) is 0 Å². The average Bonchev–Trinajstić information content (AvgIpc) is 2.35. The largest absolute Gasteiger partial charge is 0.316 e. The van der Waals surface area contributed by atoms with Gasteiger partial charge in [0, 0.05) is 25.7 Å². The van der Waals surface area contributed by atoms with E-state index in [1.54, 1.807) is 0 Å². The first-order valence-electron chi connectivity index (χ1n) is 6.35. The molecule has 2 nitrogen and oxygen atoms in total. The van der Waals surface area contributed by atoms with Gasteiger partial charge < -0.3 is 10.2 Å². The van der Waals surface area contributed by atoms with E-state index < -0.39 is 0 Å². The summed E-state index contributed by atoms with van der Waals surface area (Å²) in [6.45, 7) is 7.57. The van der Waals surface area contributed by atoms with Crippen molar-refractivity contribution >= 4 is 0 Å². The Labute approximate surface area is 88.1 Å². The minimum Gasteiger partial charge on any atom is -0.316 e. The van der Waals surface area contributed by atoms with E-state index >= 15 is 0 Å². The Morgan fingerprint density at radius 3 is 2.71 bits per heavy atom. The molecule has 14 heavy (non-hydrogen) atoms. The van der Waals surface area contributed by atoms with Crippen LogP contribution >= 0.6 is 0 Å². The number of hydrogen-bond donors (Lipinski definition) is 1. The fourth-order valence-electron chi connectivity index (χ4n) is 2.75. The summed E-state index contributed by atoms with van der Waals surface area (Å²) in [4.78, 5) is 2.76. The van der Waals surface area contributed by atoms with E-state index in [4.69, 9.17) is 0 Å². The minimum absolute atomic E-state index is 0.887. The summed E-state index contributed by atoms with van der Waals surface area (Å²) in [7, 11) is 0. The molecule has 2 saturated heterocycles. The molecule has 2 heteroatoms. The van der Waals surface area contributed by atoms with Gasteiger partial charge in [-0.2, -0.15) is 0 Å². The molecule has 0 bridgehead atoms. The lowest BCUT2D eigenvalue weighted by atomic mass is 10.0. The highest BCUT2D eigenvalue weighted by molar-refractivity contribution is 4.82. The molecule has 82 valence electrons. The van der Waals surface area contributed by atoms with Crippen molar-refractivity contribution in [2.75, 3.05) is 26.2 Å². The second-order valence-corrected chi connectivity index (χ2v) is 4.93. The van der Waals surface area contributed by atoms with E-state index in [9.17, 15) is 0 Å². The molecule has 2 heterocycles. The van der Waals surface area contributed by atoms with Crippen LogP contribution < -0.4 is 5.32 Å².